The van der Waals surface area contributed by atoms with Crippen molar-refractivity contribution in [3.05, 3.63) is 68.1 Å². The van der Waals surface area contributed by atoms with Crippen molar-refractivity contribution in [3.8, 4) is 5.75 Å². The van der Waals surface area contributed by atoms with E-state index in [1.165, 1.54) is 17.7 Å². The number of nitro groups is 1. The molecule has 25 heavy (non-hydrogen) atoms. The normalized spacial score (nSPS) is 10.3. The molecule has 132 valence electrons. The Labute approximate surface area is 143 Å². The van der Waals surface area contributed by atoms with Gasteiger partial charge in [0.25, 0.3) is 0 Å². The largest absolute Gasteiger partial charge is 0.494 e. The van der Waals surface area contributed by atoms with Crippen LogP contribution in [-0.4, -0.2) is 29.2 Å². The molecular weight excluding hydrogens is 328 g/mol. The van der Waals surface area contributed by atoms with Crippen LogP contribution in [0.3, 0.4) is 0 Å². The second kappa shape index (κ2) is 8.09. The summed E-state index contributed by atoms with van der Waals surface area (Å²) < 4.78 is 11.5. The second-order valence-corrected chi connectivity index (χ2v) is 5.29. The number of esters is 1. The molecule has 0 fully saturated rings. The van der Waals surface area contributed by atoms with Gasteiger partial charge in [0, 0.05) is 18.3 Å². The Kier molecular flexibility index (Phi) is 5.89. The van der Waals surface area contributed by atoms with Crippen LogP contribution in [0, 0.1) is 17.0 Å². The van der Waals surface area contributed by atoms with Crippen LogP contribution >= 0.6 is 0 Å². The van der Waals surface area contributed by atoms with Crippen LogP contribution in [0.25, 0.3) is 0 Å². The predicted molar refractivity (Wildman–Crippen MR) is 90.0 cm³/mol. The lowest BCUT2D eigenvalue weighted by atomic mass is 10.2. The highest BCUT2D eigenvalue weighted by atomic mass is 16.6. The van der Waals surface area contributed by atoms with E-state index in [1.54, 1.807) is 37.3 Å². The number of hydrogen-bond acceptors (Lipinski definition) is 6. The molecule has 0 amide bonds. The topological polar surface area (TPSA) is 101 Å². The molecule has 8 nitrogen and oxygen atoms in total. The lowest BCUT2D eigenvalue weighted by Crippen LogP contribution is -2.25. The Morgan fingerprint density at radius 2 is 1.88 bits per heavy atom. The average molecular weight is 346 g/mol. The maximum Gasteiger partial charge on any atom is 0.337 e. The van der Waals surface area contributed by atoms with Crippen molar-refractivity contribution in [2.24, 2.45) is 0 Å². The molecule has 2 rings (SSSR count). The van der Waals surface area contributed by atoms with Crippen LogP contribution in [0.4, 0.5) is 5.69 Å². The van der Waals surface area contributed by atoms with E-state index in [2.05, 4.69) is 4.74 Å². The zero-order chi connectivity index (χ0) is 18.4. The van der Waals surface area contributed by atoms with Crippen LogP contribution in [0.5, 0.6) is 5.75 Å². The predicted octanol–water partition coefficient (Wildman–Crippen LogP) is 2.32. The van der Waals surface area contributed by atoms with Gasteiger partial charge < -0.3 is 14.0 Å². The van der Waals surface area contributed by atoms with E-state index in [0.29, 0.717) is 36.6 Å². The Morgan fingerprint density at radius 3 is 2.48 bits per heavy atom. The van der Waals surface area contributed by atoms with Gasteiger partial charge in [-0.2, -0.15) is 0 Å². The highest BCUT2D eigenvalue weighted by molar-refractivity contribution is 5.89. The van der Waals surface area contributed by atoms with Gasteiger partial charge in [0.1, 0.15) is 5.75 Å². The summed E-state index contributed by atoms with van der Waals surface area (Å²) in [5.74, 6) is 0.155. The fourth-order valence-electron chi connectivity index (χ4n) is 2.29. The minimum absolute atomic E-state index is 0.312. The molecule has 0 saturated heterocycles. The molecule has 0 N–H and O–H groups in total. The molecule has 0 aliphatic carbocycles. The number of benzene rings is 1. The van der Waals surface area contributed by atoms with Crippen LogP contribution < -0.4 is 10.3 Å². The standard InChI is InChI=1S/C17H18N2O6/c1-12-4-9-15(19(22)23)16(20)18(12)10-3-11-25-14-7-5-13(6-8-14)17(21)24-2/h4-9H,3,10-11H2,1-2H3. The summed E-state index contributed by atoms with van der Waals surface area (Å²) in [6.45, 7) is 2.36. The van der Waals surface area contributed by atoms with Gasteiger partial charge in [-0.05, 0) is 43.7 Å². The summed E-state index contributed by atoms with van der Waals surface area (Å²) in [6.07, 6.45) is 0.501. The SMILES string of the molecule is COC(=O)c1ccc(OCCCn2c(C)ccc([N+](=O)[O-])c2=O)cc1. The van der Waals surface area contributed by atoms with Crippen molar-refractivity contribution < 1.29 is 19.2 Å². The Balaban J connectivity index is 1.93. The monoisotopic (exact) mass is 346 g/mol. The third-order valence-electron chi connectivity index (χ3n) is 3.64. The number of carbonyl (C=O) groups excluding carboxylic acids is 1. The van der Waals surface area contributed by atoms with Gasteiger partial charge in [-0.1, -0.05) is 0 Å². The average Bonchev–Trinajstić information content (AvgIpc) is 2.60. The minimum atomic E-state index is -0.683. The first-order valence-corrected chi connectivity index (χ1v) is 7.60. The molecule has 1 heterocycles. The Bertz CT molecular complexity index is 826. The highest BCUT2D eigenvalue weighted by Gasteiger charge is 2.15. The second-order valence-electron chi connectivity index (χ2n) is 5.29. The number of carbonyl (C=O) groups is 1. The molecule has 1 aromatic carbocycles. The molecule has 2 aromatic rings. The number of aryl methyl sites for hydroxylation is 1. The molecule has 0 unspecified atom stereocenters. The minimum Gasteiger partial charge on any atom is -0.494 e. The molecule has 0 atom stereocenters. The van der Waals surface area contributed by atoms with E-state index >= 15 is 0 Å². The zero-order valence-corrected chi connectivity index (χ0v) is 13.9. The van der Waals surface area contributed by atoms with Gasteiger partial charge in [0.15, 0.2) is 0 Å². The van der Waals surface area contributed by atoms with E-state index in [9.17, 15) is 19.7 Å². The smallest absolute Gasteiger partial charge is 0.337 e. The summed E-state index contributed by atoms with van der Waals surface area (Å²) in [4.78, 5) is 33.5. The fourth-order valence-corrected chi connectivity index (χ4v) is 2.29. The fraction of sp³-hybridized carbons (Fsp3) is 0.294. The maximum absolute atomic E-state index is 12.1. The van der Waals surface area contributed by atoms with Crippen LogP contribution in [-0.2, 0) is 11.3 Å². The van der Waals surface area contributed by atoms with Crippen molar-refractivity contribution in [1.82, 2.24) is 4.57 Å². The number of hydrogen-bond donors (Lipinski definition) is 0. The highest BCUT2D eigenvalue weighted by Crippen LogP contribution is 2.13. The van der Waals surface area contributed by atoms with Gasteiger partial charge in [0.2, 0.25) is 0 Å². The lowest BCUT2D eigenvalue weighted by molar-refractivity contribution is -0.386. The Morgan fingerprint density at radius 1 is 1.20 bits per heavy atom. The Hall–Kier alpha value is -3.16. The van der Waals surface area contributed by atoms with Crippen molar-refractivity contribution in [3.63, 3.8) is 0 Å². The first kappa shape index (κ1) is 18.2. The maximum atomic E-state index is 12.1. The van der Waals surface area contributed by atoms with Gasteiger partial charge in [-0.25, -0.2) is 4.79 Å². The van der Waals surface area contributed by atoms with Crippen LogP contribution in [0.2, 0.25) is 0 Å². The van der Waals surface area contributed by atoms with Crippen molar-refractivity contribution in [1.29, 1.82) is 0 Å². The van der Waals surface area contributed by atoms with Crippen molar-refractivity contribution in [2.75, 3.05) is 13.7 Å². The van der Waals surface area contributed by atoms with Crippen molar-refractivity contribution >= 4 is 11.7 Å². The summed E-state index contributed by atoms with van der Waals surface area (Å²) in [7, 11) is 1.31. The molecule has 1 aromatic heterocycles. The zero-order valence-electron chi connectivity index (χ0n) is 13.9. The van der Waals surface area contributed by atoms with Crippen LogP contribution in [0.1, 0.15) is 22.5 Å². The number of aromatic nitrogens is 1. The van der Waals surface area contributed by atoms with E-state index in [1.807, 2.05) is 0 Å². The molecule has 0 radical (unpaired) electrons. The van der Waals surface area contributed by atoms with Gasteiger partial charge in [-0.3, -0.25) is 14.9 Å². The summed E-state index contributed by atoms with van der Waals surface area (Å²) >= 11 is 0. The van der Waals surface area contributed by atoms with E-state index in [0.717, 1.165) is 0 Å². The quantitative estimate of drug-likeness (QED) is 0.330. The third-order valence-corrected chi connectivity index (χ3v) is 3.64. The van der Waals surface area contributed by atoms with Gasteiger partial charge in [0.05, 0.1) is 24.2 Å². The van der Waals surface area contributed by atoms with E-state index in [-0.39, 0.29) is 0 Å². The summed E-state index contributed by atoms with van der Waals surface area (Å²) in [5, 5.41) is 10.8. The lowest BCUT2D eigenvalue weighted by Gasteiger charge is -2.10. The van der Waals surface area contributed by atoms with Gasteiger partial charge >= 0.3 is 17.2 Å². The molecule has 0 saturated carbocycles. The van der Waals surface area contributed by atoms with Crippen molar-refractivity contribution in [2.45, 2.75) is 19.9 Å². The number of ether oxygens (including phenoxy) is 2. The number of nitrogens with zero attached hydrogens (tertiary/aromatic N) is 2. The molecule has 8 heteroatoms. The third kappa shape index (κ3) is 4.43. The molecule has 0 aliphatic rings. The van der Waals surface area contributed by atoms with E-state index < -0.39 is 22.1 Å². The van der Waals surface area contributed by atoms with E-state index in [4.69, 9.17) is 4.74 Å². The first-order chi connectivity index (χ1) is 11.9. The van der Waals surface area contributed by atoms with Crippen LogP contribution in [0.15, 0.2) is 41.2 Å². The first-order valence-electron chi connectivity index (χ1n) is 7.60. The summed E-state index contributed by atoms with van der Waals surface area (Å²) in [6, 6.07) is 9.25. The molecule has 0 bridgehead atoms. The number of pyridine rings is 1. The van der Waals surface area contributed by atoms with Gasteiger partial charge in [-0.15, -0.1) is 0 Å². The summed E-state index contributed by atoms with van der Waals surface area (Å²) in [5.41, 5.74) is 0.0176. The molecule has 0 spiro atoms. The molecular formula is C17H18N2O6. The number of methoxy groups -OCH3 is 1. The molecule has 0 aliphatic heterocycles. The number of rotatable bonds is 7.